The number of nitrogens with zero attached hydrogens (tertiary/aromatic N) is 2. The van der Waals surface area contributed by atoms with E-state index < -0.39 is 6.04 Å². The third-order valence-corrected chi connectivity index (χ3v) is 4.02. The molecule has 26 heavy (non-hydrogen) atoms. The van der Waals surface area contributed by atoms with Gasteiger partial charge in [-0.3, -0.25) is 9.79 Å². The van der Waals surface area contributed by atoms with Crippen LogP contribution in [-0.4, -0.2) is 56.1 Å². The second-order valence-electron chi connectivity index (χ2n) is 6.82. The summed E-state index contributed by atoms with van der Waals surface area (Å²) in [4.78, 5) is 18.1. The topological polar surface area (TPSA) is 106 Å². The fraction of sp³-hybridized carbons (Fsp3) is 0.579. The maximum atomic E-state index is 12.2. The lowest BCUT2D eigenvalue weighted by atomic mass is 10.1. The van der Waals surface area contributed by atoms with E-state index in [0.717, 1.165) is 16.9 Å². The number of guanidine groups is 1. The SMILES string of the molecule is Cc1cccc(C)c1OCC(C)NC(=O)C(N)CCCN=C(N)N(C)C. The summed E-state index contributed by atoms with van der Waals surface area (Å²) in [7, 11) is 3.67. The molecular formula is C19H33N5O2. The van der Waals surface area contributed by atoms with Crippen molar-refractivity contribution in [2.24, 2.45) is 16.5 Å². The molecule has 1 aromatic rings. The number of ether oxygens (including phenoxy) is 1. The predicted molar refractivity (Wildman–Crippen MR) is 106 cm³/mol. The van der Waals surface area contributed by atoms with Crippen LogP contribution in [0.25, 0.3) is 0 Å². The number of nitrogens with one attached hydrogen (secondary N) is 1. The summed E-state index contributed by atoms with van der Waals surface area (Å²) >= 11 is 0. The van der Waals surface area contributed by atoms with Gasteiger partial charge in [-0.1, -0.05) is 18.2 Å². The van der Waals surface area contributed by atoms with Crippen molar-refractivity contribution in [3.63, 3.8) is 0 Å². The summed E-state index contributed by atoms with van der Waals surface area (Å²) in [5.41, 5.74) is 13.8. The highest BCUT2D eigenvalue weighted by molar-refractivity contribution is 5.81. The van der Waals surface area contributed by atoms with Crippen molar-refractivity contribution in [2.45, 2.75) is 45.7 Å². The van der Waals surface area contributed by atoms with E-state index in [1.807, 2.05) is 53.1 Å². The fourth-order valence-corrected chi connectivity index (χ4v) is 2.40. The standard InChI is InChI=1S/C19H33N5O2/c1-13-8-6-9-14(2)17(13)26-12-15(3)23-18(25)16(20)10-7-11-22-19(21)24(4)5/h6,8-9,15-16H,7,10-12,20H2,1-5H3,(H2,21,22)(H,23,25). The minimum atomic E-state index is -0.562. The molecule has 7 nitrogen and oxygen atoms in total. The van der Waals surface area contributed by atoms with Crippen LogP contribution >= 0.6 is 0 Å². The summed E-state index contributed by atoms with van der Waals surface area (Å²) in [5, 5.41) is 2.90. The number of benzene rings is 1. The summed E-state index contributed by atoms with van der Waals surface area (Å²) in [6, 6.07) is 5.32. The number of para-hydroxylation sites is 1. The van der Waals surface area contributed by atoms with E-state index in [0.29, 0.717) is 32.0 Å². The largest absolute Gasteiger partial charge is 0.491 e. The van der Waals surface area contributed by atoms with Crippen molar-refractivity contribution in [2.75, 3.05) is 27.2 Å². The molecule has 5 N–H and O–H groups in total. The van der Waals surface area contributed by atoms with Crippen molar-refractivity contribution in [3.8, 4) is 5.75 Å². The van der Waals surface area contributed by atoms with Crippen LogP contribution in [0, 0.1) is 13.8 Å². The Bertz CT molecular complexity index is 596. The Labute approximate surface area is 156 Å². The van der Waals surface area contributed by atoms with Crippen LogP contribution < -0.4 is 21.5 Å². The van der Waals surface area contributed by atoms with Gasteiger partial charge in [0.1, 0.15) is 12.4 Å². The molecular weight excluding hydrogens is 330 g/mol. The number of amides is 1. The number of nitrogens with two attached hydrogens (primary N) is 2. The number of rotatable bonds is 9. The van der Waals surface area contributed by atoms with Crippen molar-refractivity contribution < 1.29 is 9.53 Å². The van der Waals surface area contributed by atoms with E-state index in [2.05, 4.69) is 10.3 Å². The Kier molecular flexibility index (Phi) is 8.92. The third-order valence-electron chi connectivity index (χ3n) is 4.02. The van der Waals surface area contributed by atoms with E-state index in [1.165, 1.54) is 0 Å². The van der Waals surface area contributed by atoms with Gasteiger partial charge in [0.05, 0.1) is 12.1 Å². The fourth-order valence-electron chi connectivity index (χ4n) is 2.40. The van der Waals surface area contributed by atoms with Gasteiger partial charge in [-0.15, -0.1) is 0 Å². The number of carbonyl (C=O) groups is 1. The third kappa shape index (κ3) is 7.31. The Morgan fingerprint density at radius 2 is 1.92 bits per heavy atom. The van der Waals surface area contributed by atoms with Crippen molar-refractivity contribution in [1.29, 1.82) is 0 Å². The molecule has 1 amide bonds. The monoisotopic (exact) mass is 363 g/mol. The lowest BCUT2D eigenvalue weighted by Crippen LogP contribution is -2.46. The van der Waals surface area contributed by atoms with Crippen LogP contribution in [0.3, 0.4) is 0 Å². The predicted octanol–water partition coefficient (Wildman–Crippen LogP) is 1.17. The van der Waals surface area contributed by atoms with Gasteiger partial charge in [-0.2, -0.15) is 0 Å². The zero-order chi connectivity index (χ0) is 19.7. The van der Waals surface area contributed by atoms with E-state index in [9.17, 15) is 4.79 Å². The first-order valence-electron chi connectivity index (χ1n) is 8.94. The first-order valence-corrected chi connectivity index (χ1v) is 8.94. The Morgan fingerprint density at radius 3 is 2.50 bits per heavy atom. The zero-order valence-corrected chi connectivity index (χ0v) is 16.6. The van der Waals surface area contributed by atoms with Crippen molar-refractivity contribution >= 4 is 11.9 Å². The summed E-state index contributed by atoms with van der Waals surface area (Å²) in [6.07, 6.45) is 1.26. The Hall–Kier alpha value is -2.28. The van der Waals surface area contributed by atoms with Crippen molar-refractivity contribution in [3.05, 3.63) is 29.3 Å². The van der Waals surface area contributed by atoms with Crippen LogP contribution in [0.15, 0.2) is 23.2 Å². The molecule has 2 unspecified atom stereocenters. The summed E-state index contributed by atoms with van der Waals surface area (Å²) < 4.78 is 5.87. The van der Waals surface area contributed by atoms with Gasteiger partial charge in [0, 0.05) is 20.6 Å². The maximum absolute atomic E-state index is 12.2. The molecule has 146 valence electrons. The molecule has 0 bridgehead atoms. The summed E-state index contributed by atoms with van der Waals surface area (Å²) in [6.45, 7) is 6.87. The molecule has 7 heteroatoms. The van der Waals surface area contributed by atoms with E-state index >= 15 is 0 Å². The first-order chi connectivity index (χ1) is 12.2. The van der Waals surface area contributed by atoms with Gasteiger partial charge >= 0.3 is 0 Å². The summed E-state index contributed by atoms with van der Waals surface area (Å²) in [5.74, 6) is 1.17. The Balaban J connectivity index is 2.36. The maximum Gasteiger partial charge on any atom is 0.237 e. The number of aliphatic imine (C=N–C) groups is 1. The van der Waals surface area contributed by atoms with E-state index in [1.54, 1.807) is 4.90 Å². The number of carbonyl (C=O) groups excluding carboxylic acids is 1. The molecule has 0 aliphatic rings. The molecule has 0 saturated carbocycles. The molecule has 0 aliphatic heterocycles. The van der Waals surface area contributed by atoms with E-state index in [4.69, 9.17) is 16.2 Å². The first kappa shape index (κ1) is 21.8. The smallest absolute Gasteiger partial charge is 0.237 e. The zero-order valence-electron chi connectivity index (χ0n) is 16.6. The number of hydrogen-bond donors (Lipinski definition) is 3. The number of hydrogen-bond acceptors (Lipinski definition) is 4. The van der Waals surface area contributed by atoms with Gasteiger partial charge in [0.25, 0.3) is 0 Å². The van der Waals surface area contributed by atoms with Crippen LogP contribution in [0.1, 0.15) is 30.9 Å². The van der Waals surface area contributed by atoms with Gasteiger partial charge in [0.2, 0.25) is 5.91 Å². The van der Waals surface area contributed by atoms with Crippen LogP contribution in [0.4, 0.5) is 0 Å². The average molecular weight is 364 g/mol. The van der Waals surface area contributed by atoms with Crippen molar-refractivity contribution in [1.82, 2.24) is 10.2 Å². The number of aryl methyl sites for hydroxylation is 2. The van der Waals surface area contributed by atoms with E-state index in [-0.39, 0.29) is 11.9 Å². The second-order valence-corrected chi connectivity index (χ2v) is 6.82. The van der Waals surface area contributed by atoms with Crippen LogP contribution in [0.2, 0.25) is 0 Å². The molecule has 1 rings (SSSR count). The highest BCUT2D eigenvalue weighted by Crippen LogP contribution is 2.22. The minimum absolute atomic E-state index is 0.130. The molecule has 0 aliphatic carbocycles. The minimum Gasteiger partial charge on any atom is -0.491 e. The highest BCUT2D eigenvalue weighted by atomic mass is 16.5. The molecule has 0 saturated heterocycles. The molecule has 1 aromatic carbocycles. The molecule has 0 spiro atoms. The van der Waals surface area contributed by atoms with Gasteiger partial charge in [-0.05, 0) is 44.7 Å². The normalized spacial score (nSPS) is 13.8. The molecule has 2 atom stereocenters. The van der Waals surface area contributed by atoms with Gasteiger partial charge in [-0.25, -0.2) is 0 Å². The molecule has 0 fully saturated rings. The van der Waals surface area contributed by atoms with Gasteiger partial charge in [0.15, 0.2) is 5.96 Å². The second kappa shape index (κ2) is 10.7. The van der Waals surface area contributed by atoms with Crippen LogP contribution in [-0.2, 0) is 4.79 Å². The Morgan fingerprint density at radius 1 is 1.31 bits per heavy atom. The lowest BCUT2D eigenvalue weighted by Gasteiger charge is -2.19. The molecule has 0 aromatic heterocycles. The molecule has 0 radical (unpaired) electrons. The average Bonchev–Trinajstić information content (AvgIpc) is 2.57. The lowest BCUT2D eigenvalue weighted by molar-refractivity contribution is -0.123. The highest BCUT2D eigenvalue weighted by Gasteiger charge is 2.16. The van der Waals surface area contributed by atoms with Gasteiger partial charge < -0.3 is 26.4 Å². The quantitative estimate of drug-likeness (QED) is 0.347. The van der Waals surface area contributed by atoms with Crippen LogP contribution in [0.5, 0.6) is 5.75 Å². The molecule has 0 heterocycles.